The first-order valence-corrected chi connectivity index (χ1v) is 9.47. The van der Waals surface area contributed by atoms with Crippen molar-refractivity contribution in [3.8, 4) is 5.69 Å². The first-order valence-electron chi connectivity index (χ1n) is 9.47. The molecule has 1 unspecified atom stereocenters. The fraction of sp³-hybridized carbons (Fsp3) is 0.300. The first kappa shape index (κ1) is 19.9. The molecular formula is C20H19F3N6O. The minimum absolute atomic E-state index is 0.0339. The number of halogens is 3. The molecule has 0 spiro atoms. The molecule has 1 aliphatic rings. The van der Waals surface area contributed by atoms with Crippen LogP contribution in [0, 0.1) is 0 Å². The second-order valence-electron chi connectivity index (χ2n) is 7.03. The van der Waals surface area contributed by atoms with Crippen LogP contribution in [0.5, 0.6) is 0 Å². The fourth-order valence-corrected chi connectivity index (χ4v) is 3.42. The number of hydrogen-bond acceptors (Lipinski definition) is 5. The van der Waals surface area contributed by atoms with E-state index in [0.29, 0.717) is 17.8 Å². The second kappa shape index (κ2) is 8.13. The van der Waals surface area contributed by atoms with E-state index in [1.54, 1.807) is 30.5 Å². The molecule has 4 rings (SSSR count). The van der Waals surface area contributed by atoms with E-state index >= 15 is 0 Å². The molecule has 1 atom stereocenters. The molecule has 10 heteroatoms. The maximum absolute atomic E-state index is 12.7. The van der Waals surface area contributed by atoms with E-state index in [-0.39, 0.29) is 11.9 Å². The number of anilines is 1. The van der Waals surface area contributed by atoms with Crippen molar-refractivity contribution < 1.29 is 18.0 Å². The Bertz CT molecular complexity index is 1000. The molecule has 0 aliphatic carbocycles. The molecular weight excluding hydrogens is 397 g/mol. The van der Waals surface area contributed by atoms with Crippen LogP contribution in [0.3, 0.4) is 0 Å². The number of hydrogen-bond donors (Lipinski definition) is 1. The van der Waals surface area contributed by atoms with E-state index < -0.39 is 11.9 Å². The number of nitrogens with one attached hydrogen (secondary N) is 1. The molecule has 7 nitrogen and oxygen atoms in total. The smallest absolute Gasteiger partial charge is 0.353 e. The number of carbonyl (C=O) groups excluding carboxylic acids is 1. The SMILES string of the molecule is O=C(NC1CCCN(c2cccnn2)C1)c1ccc(-n2ccc(C(F)(F)F)n2)cc1. The summed E-state index contributed by atoms with van der Waals surface area (Å²) >= 11 is 0. The fourth-order valence-electron chi connectivity index (χ4n) is 3.42. The third kappa shape index (κ3) is 4.42. The Morgan fingerprint density at radius 1 is 1.13 bits per heavy atom. The van der Waals surface area contributed by atoms with Crippen LogP contribution in [0.2, 0.25) is 0 Å². The van der Waals surface area contributed by atoms with E-state index in [9.17, 15) is 18.0 Å². The van der Waals surface area contributed by atoms with Crippen molar-refractivity contribution >= 4 is 11.7 Å². The average Bonchev–Trinajstić information content (AvgIpc) is 3.26. The molecule has 1 aliphatic heterocycles. The summed E-state index contributed by atoms with van der Waals surface area (Å²) in [6.07, 6.45) is 0.129. The number of rotatable bonds is 4. The van der Waals surface area contributed by atoms with Crippen molar-refractivity contribution in [2.45, 2.75) is 25.1 Å². The largest absolute Gasteiger partial charge is 0.435 e. The summed E-state index contributed by atoms with van der Waals surface area (Å²) in [6, 6.07) is 10.9. The van der Waals surface area contributed by atoms with Gasteiger partial charge in [-0.25, -0.2) is 4.68 Å². The minimum Gasteiger partial charge on any atom is -0.353 e. The van der Waals surface area contributed by atoms with Crippen LogP contribution in [0.15, 0.2) is 54.9 Å². The van der Waals surface area contributed by atoms with Crippen molar-refractivity contribution in [3.63, 3.8) is 0 Å². The summed E-state index contributed by atoms with van der Waals surface area (Å²) in [5, 5.41) is 14.6. The zero-order chi connectivity index (χ0) is 21.1. The number of aromatic nitrogens is 4. The molecule has 156 valence electrons. The summed E-state index contributed by atoms with van der Waals surface area (Å²) in [5.74, 6) is 0.544. The van der Waals surface area contributed by atoms with Gasteiger partial charge >= 0.3 is 6.18 Å². The van der Waals surface area contributed by atoms with Gasteiger partial charge in [0, 0.05) is 37.1 Å². The molecule has 0 bridgehead atoms. The van der Waals surface area contributed by atoms with Gasteiger partial charge in [0.1, 0.15) is 0 Å². The number of benzene rings is 1. The maximum Gasteiger partial charge on any atom is 0.435 e. The van der Waals surface area contributed by atoms with Crippen LogP contribution >= 0.6 is 0 Å². The molecule has 1 fully saturated rings. The van der Waals surface area contributed by atoms with Gasteiger partial charge in [-0.1, -0.05) is 0 Å². The molecule has 0 radical (unpaired) electrons. The topological polar surface area (TPSA) is 75.9 Å². The van der Waals surface area contributed by atoms with Crippen LogP contribution in [0.4, 0.5) is 19.0 Å². The van der Waals surface area contributed by atoms with Crippen LogP contribution < -0.4 is 10.2 Å². The van der Waals surface area contributed by atoms with Gasteiger partial charge in [-0.2, -0.15) is 23.4 Å². The second-order valence-corrected chi connectivity index (χ2v) is 7.03. The summed E-state index contributed by atoms with van der Waals surface area (Å²) in [5.41, 5.74) is -0.0959. The standard InChI is InChI=1S/C20H19F3N6O/c21-20(22,23)17-9-12-29(27-17)16-7-5-14(6-8-16)19(30)25-15-3-2-11-28(13-15)18-4-1-10-24-26-18/h1,4-10,12,15H,2-3,11,13H2,(H,25,30). The van der Waals surface area contributed by atoms with Crippen molar-refractivity contribution in [1.29, 1.82) is 0 Å². The number of amides is 1. The third-order valence-electron chi connectivity index (χ3n) is 4.91. The molecule has 0 saturated carbocycles. The summed E-state index contributed by atoms with van der Waals surface area (Å²) in [7, 11) is 0. The van der Waals surface area contributed by atoms with E-state index in [1.807, 2.05) is 12.1 Å². The van der Waals surface area contributed by atoms with Crippen molar-refractivity contribution in [3.05, 3.63) is 66.1 Å². The Morgan fingerprint density at radius 3 is 2.60 bits per heavy atom. The molecule has 3 aromatic rings. The van der Waals surface area contributed by atoms with E-state index in [0.717, 1.165) is 36.0 Å². The highest BCUT2D eigenvalue weighted by molar-refractivity contribution is 5.94. The Morgan fingerprint density at radius 2 is 1.93 bits per heavy atom. The number of piperidine rings is 1. The molecule has 1 amide bonds. The van der Waals surface area contributed by atoms with E-state index in [2.05, 4.69) is 25.5 Å². The Balaban J connectivity index is 1.40. The molecule has 1 saturated heterocycles. The molecule has 1 N–H and O–H groups in total. The summed E-state index contributed by atoms with van der Waals surface area (Å²) in [4.78, 5) is 14.7. The lowest BCUT2D eigenvalue weighted by atomic mass is 10.0. The van der Waals surface area contributed by atoms with Gasteiger partial charge in [-0.3, -0.25) is 4.79 Å². The van der Waals surface area contributed by atoms with Gasteiger partial charge in [-0.05, 0) is 55.3 Å². The van der Waals surface area contributed by atoms with Gasteiger partial charge in [0.25, 0.3) is 5.91 Å². The first-order chi connectivity index (χ1) is 14.4. The highest BCUT2D eigenvalue weighted by Gasteiger charge is 2.33. The van der Waals surface area contributed by atoms with Crippen molar-refractivity contribution in [2.24, 2.45) is 0 Å². The molecule has 2 aromatic heterocycles. The van der Waals surface area contributed by atoms with Gasteiger partial charge in [-0.15, -0.1) is 5.10 Å². The van der Waals surface area contributed by atoms with Crippen LogP contribution in [0.1, 0.15) is 28.9 Å². The van der Waals surface area contributed by atoms with Gasteiger partial charge in [0.2, 0.25) is 0 Å². The van der Waals surface area contributed by atoms with E-state index in [4.69, 9.17) is 0 Å². The zero-order valence-electron chi connectivity index (χ0n) is 15.9. The lowest BCUT2D eigenvalue weighted by Gasteiger charge is -2.33. The predicted molar refractivity (Wildman–Crippen MR) is 103 cm³/mol. The lowest BCUT2D eigenvalue weighted by molar-refractivity contribution is -0.141. The molecule has 1 aromatic carbocycles. The Labute approximate surface area is 170 Å². The van der Waals surface area contributed by atoms with Gasteiger partial charge in [0.05, 0.1) is 5.69 Å². The van der Waals surface area contributed by atoms with Crippen LogP contribution in [0.25, 0.3) is 5.69 Å². The maximum atomic E-state index is 12.7. The van der Waals surface area contributed by atoms with Gasteiger partial charge in [0.15, 0.2) is 11.5 Å². The highest BCUT2D eigenvalue weighted by Crippen LogP contribution is 2.28. The quantitative estimate of drug-likeness (QED) is 0.708. The monoisotopic (exact) mass is 416 g/mol. The van der Waals surface area contributed by atoms with Crippen LogP contribution in [-0.4, -0.2) is 45.0 Å². The minimum atomic E-state index is -4.50. The van der Waals surface area contributed by atoms with Crippen molar-refractivity contribution in [2.75, 3.05) is 18.0 Å². The predicted octanol–water partition coefficient (Wildman–Crippen LogP) is 3.08. The highest BCUT2D eigenvalue weighted by atomic mass is 19.4. The number of alkyl halides is 3. The Hall–Kier alpha value is -3.43. The number of nitrogens with zero attached hydrogens (tertiary/aromatic N) is 5. The Kier molecular flexibility index (Phi) is 5.39. The molecule has 3 heterocycles. The van der Waals surface area contributed by atoms with E-state index in [1.165, 1.54) is 6.20 Å². The number of carbonyl (C=O) groups is 1. The normalized spacial score (nSPS) is 17.0. The average molecular weight is 416 g/mol. The van der Waals surface area contributed by atoms with Gasteiger partial charge < -0.3 is 10.2 Å². The lowest BCUT2D eigenvalue weighted by Crippen LogP contribution is -2.48. The zero-order valence-corrected chi connectivity index (χ0v) is 15.9. The van der Waals surface area contributed by atoms with Crippen LogP contribution in [-0.2, 0) is 6.18 Å². The summed E-state index contributed by atoms with van der Waals surface area (Å²) in [6.45, 7) is 1.49. The van der Waals surface area contributed by atoms with Crippen molar-refractivity contribution in [1.82, 2.24) is 25.3 Å². The summed E-state index contributed by atoms with van der Waals surface area (Å²) < 4.78 is 39.2. The molecule has 30 heavy (non-hydrogen) atoms. The third-order valence-corrected chi connectivity index (χ3v) is 4.91.